The summed E-state index contributed by atoms with van der Waals surface area (Å²) >= 11 is 0. The van der Waals surface area contributed by atoms with Crippen molar-refractivity contribution in [2.24, 2.45) is 13.0 Å². The summed E-state index contributed by atoms with van der Waals surface area (Å²) in [5, 5.41) is 0. The summed E-state index contributed by atoms with van der Waals surface area (Å²) in [6.45, 7) is 0.718. The molecule has 5 rings (SSSR count). The molecular weight excluding hydrogens is 360 g/mol. The summed E-state index contributed by atoms with van der Waals surface area (Å²) in [4.78, 5) is 20.0. The van der Waals surface area contributed by atoms with E-state index in [2.05, 4.69) is 11.6 Å². The molecule has 1 saturated heterocycles. The van der Waals surface area contributed by atoms with Gasteiger partial charge in [-0.05, 0) is 74.6 Å². The highest BCUT2D eigenvalue weighted by Gasteiger charge is 2.49. The number of hydrogen-bond donors (Lipinski definition) is 0. The fourth-order valence-electron chi connectivity index (χ4n) is 5.13. The van der Waals surface area contributed by atoms with Gasteiger partial charge in [-0.25, -0.2) is 13.8 Å². The number of hydrogen-bond acceptors (Lipinski definition) is 2. The second-order valence-corrected chi connectivity index (χ2v) is 8.43. The normalized spacial score (nSPS) is 26.4. The van der Waals surface area contributed by atoms with Crippen molar-refractivity contribution in [2.75, 3.05) is 6.54 Å². The van der Waals surface area contributed by atoms with Crippen LogP contribution in [0.4, 0.5) is 8.78 Å². The molecule has 3 atom stereocenters. The molecule has 6 heteroatoms. The molecule has 1 amide bonds. The minimum Gasteiger partial charge on any atom is -0.333 e. The second kappa shape index (κ2) is 6.68. The quantitative estimate of drug-likeness (QED) is 0.800. The van der Waals surface area contributed by atoms with Crippen LogP contribution in [0.15, 0.2) is 18.2 Å². The second-order valence-electron chi connectivity index (χ2n) is 8.43. The summed E-state index contributed by atoms with van der Waals surface area (Å²) in [5.74, 6) is -0.265. The van der Waals surface area contributed by atoms with E-state index in [-0.39, 0.29) is 23.8 Å². The molecule has 1 aliphatic heterocycles. The predicted molar refractivity (Wildman–Crippen MR) is 101 cm³/mol. The van der Waals surface area contributed by atoms with Crippen LogP contribution < -0.4 is 0 Å². The molecule has 148 valence electrons. The van der Waals surface area contributed by atoms with E-state index < -0.39 is 11.6 Å². The molecule has 2 aliphatic carbocycles. The third-order valence-electron chi connectivity index (χ3n) is 6.71. The van der Waals surface area contributed by atoms with Gasteiger partial charge in [-0.2, -0.15) is 0 Å². The van der Waals surface area contributed by atoms with Gasteiger partial charge in [0.1, 0.15) is 17.5 Å². The molecule has 0 bridgehead atoms. The number of aryl methyl sites for hydroxylation is 1. The third kappa shape index (κ3) is 2.85. The fourth-order valence-corrected chi connectivity index (χ4v) is 5.13. The van der Waals surface area contributed by atoms with Crippen LogP contribution in [0, 0.1) is 17.6 Å². The van der Waals surface area contributed by atoms with Gasteiger partial charge < -0.3 is 9.47 Å². The maximum absolute atomic E-state index is 14.1. The zero-order valence-corrected chi connectivity index (χ0v) is 16.1. The van der Waals surface area contributed by atoms with Gasteiger partial charge in [-0.15, -0.1) is 0 Å². The van der Waals surface area contributed by atoms with Gasteiger partial charge in [0.25, 0.3) is 0 Å². The Morgan fingerprint density at radius 3 is 2.82 bits per heavy atom. The lowest BCUT2D eigenvalue weighted by atomic mass is 10.0. The summed E-state index contributed by atoms with van der Waals surface area (Å²) in [6, 6.07) is 3.52. The Morgan fingerprint density at radius 2 is 2.00 bits per heavy atom. The lowest BCUT2D eigenvalue weighted by molar-refractivity contribution is -0.133. The van der Waals surface area contributed by atoms with Crippen LogP contribution >= 0.6 is 0 Å². The Bertz CT molecular complexity index is 938. The number of halogens is 2. The molecule has 4 nitrogen and oxygen atoms in total. The summed E-state index contributed by atoms with van der Waals surface area (Å²) in [5.41, 5.74) is 2.84. The minimum atomic E-state index is -0.452. The van der Waals surface area contributed by atoms with Crippen molar-refractivity contribution >= 4 is 5.91 Å². The highest BCUT2D eigenvalue weighted by atomic mass is 19.1. The van der Waals surface area contributed by atoms with E-state index >= 15 is 0 Å². The van der Waals surface area contributed by atoms with Gasteiger partial charge in [0, 0.05) is 25.2 Å². The molecule has 2 aromatic rings. The van der Waals surface area contributed by atoms with Crippen molar-refractivity contribution in [1.82, 2.24) is 14.5 Å². The van der Waals surface area contributed by atoms with E-state index in [9.17, 15) is 13.6 Å². The molecule has 28 heavy (non-hydrogen) atoms. The number of aromatic nitrogens is 2. The average molecular weight is 385 g/mol. The van der Waals surface area contributed by atoms with Crippen LogP contribution in [0.3, 0.4) is 0 Å². The topological polar surface area (TPSA) is 38.1 Å². The highest BCUT2D eigenvalue weighted by molar-refractivity contribution is 5.83. The van der Waals surface area contributed by atoms with Crippen molar-refractivity contribution in [3.63, 3.8) is 0 Å². The van der Waals surface area contributed by atoms with Gasteiger partial charge in [0.05, 0.1) is 11.7 Å². The van der Waals surface area contributed by atoms with E-state index in [1.807, 2.05) is 4.90 Å². The number of carbonyl (C=O) groups excluding carboxylic acids is 1. The van der Waals surface area contributed by atoms with Crippen LogP contribution in [-0.4, -0.2) is 26.9 Å². The Labute approximate surface area is 163 Å². The number of fused-ring (bicyclic) bond motifs is 1. The number of nitrogens with zero attached hydrogens (tertiary/aromatic N) is 3. The monoisotopic (exact) mass is 385 g/mol. The first-order valence-electron chi connectivity index (χ1n) is 10.3. The minimum absolute atomic E-state index is 0.00158. The maximum atomic E-state index is 14.1. The Balaban J connectivity index is 1.37. The van der Waals surface area contributed by atoms with Crippen LogP contribution in [-0.2, 0) is 24.7 Å². The first-order valence-corrected chi connectivity index (χ1v) is 10.3. The van der Waals surface area contributed by atoms with Crippen LogP contribution in [0.25, 0.3) is 0 Å². The van der Waals surface area contributed by atoms with E-state index in [4.69, 9.17) is 4.98 Å². The summed E-state index contributed by atoms with van der Waals surface area (Å²) < 4.78 is 29.8. The van der Waals surface area contributed by atoms with Crippen LogP contribution in [0.5, 0.6) is 0 Å². The van der Waals surface area contributed by atoms with Gasteiger partial charge in [-0.3, -0.25) is 4.79 Å². The molecule has 2 fully saturated rings. The number of rotatable bonds is 3. The Morgan fingerprint density at radius 1 is 1.18 bits per heavy atom. The molecule has 1 saturated carbocycles. The SMILES string of the molecule is Cn1c([C@@H]2CCCN2C(=O)[C@@H]2C[C@@H]2c2cc(F)ccc2F)nc2c1CCCC2. The van der Waals surface area contributed by atoms with E-state index in [0.717, 1.165) is 50.2 Å². The van der Waals surface area contributed by atoms with Crippen molar-refractivity contribution in [3.05, 3.63) is 52.6 Å². The van der Waals surface area contributed by atoms with E-state index in [1.54, 1.807) is 0 Å². The molecule has 0 radical (unpaired) electrons. The number of imidazole rings is 1. The predicted octanol–water partition coefficient (Wildman–Crippen LogP) is 4.04. The van der Waals surface area contributed by atoms with Gasteiger partial charge in [0.15, 0.2) is 0 Å². The van der Waals surface area contributed by atoms with Gasteiger partial charge in [-0.1, -0.05) is 0 Å². The summed E-state index contributed by atoms with van der Waals surface area (Å²) in [7, 11) is 2.06. The lowest BCUT2D eigenvalue weighted by Crippen LogP contribution is -2.33. The molecule has 2 heterocycles. The van der Waals surface area contributed by atoms with Crippen molar-refractivity contribution in [1.29, 1.82) is 0 Å². The average Bonchev–Trinajstić information content (AvgIpc) is 3.21. The highest BCUT2D eigenvalue weighted by Crippen LogP contribution is 2.51. The van der Waals surface area contributed by atoms with Gasteiger partial charge in [0.2, 0.25) is 5.91 Å². The molecule has 0 unspecified atom stereocenters. The first kappa shape index (κ1) is 17.8. The fraction of sp³-hybridized carbons (Fsp3) is 0.545. The zero-order valence-electron chi connectivity index (χ0n) is 16.1. The van der Waals surface area contributed by atoms with Crippen molar-refractivity contribution in [2.45, 2.75) is 56.9 Å². The molecule has 0 spiro atoms. The molecule has 3 aliphatic rings. The molecular formula is C22H25F2N3O. The Kier molecular flexibility index (Phi) is 4.25. The number of likely N-dealkylation sites (tertiary alicyclic amines) is 1. The van der Waals surface area contributed by atoms with Gasteiger partial charge >= 0.3 is 0 Å². The summed E-state index contributed by atoms with van der Waals surface area (Å²) in [6.07, 6.45) is 6.93. The molecule has 1 aromatic carbocycles. The van der Waals surface area contributed by atoms with Crippen LogP contribution in [0.2, 0.25) is 0 Å². The third-order valence-corrected chi connectivity index (χ3v) is 6.71. The Hall–Kier alpha value is -2.24. The molecule has 0 N–H and O–H groups in total. The smallest absolute Gasteiger partial charge is 0.226 e. The standard InChI is InChI=1S/C22H25F2N3O/c1-26-19-6-3-2-5-18(19)25-21(26)20-7-4-10-27(20)22(28)16-12-14(16)15-11-13(23)8-9-17(15)24/h8-9,11,14,16,20H,2-7,10,12H2,1H3/t14-,16-,20+/m1/s1. The van der Waals surface area contributed by atoms with E-state index in [1.165, 1.54) is 30.3 Å². The van der Waals surface area contributed by atoms with E-state index in [0.29, 0.717) is 12.0 Å². The van der Waals surface area contributed by atoms with Crippen molar-refractivity contribution in [3.8, 4) is 0 Å². The number of benzene rings is 1. The number of amides is 1. The zero-order chi connectivity index (χ0) is 19.4. The lowest BCUT2D eigenvalue weighted by Gasteiger charge is -2.25. The van der Waals surface area contributed by atoms with Crippen molar-refractivity contribution < 1.29 is 13.6 Å². The van der Waals surface area contributed by atoms with Crippen LogP contribution in [0.1, 0.15) is 66.8 Å². The number of carbonyl (C=O) groups is 1. The maximum Gasteiger partial charge on any atom is 0.226 e. The largest absolute Gasteiger partial charge is 0.333 e. The first-order chi connectivity index (χ1) is 13.5. The molecule has 1 aromatic heterocycles.